The summed E-state index contributed by atoms with van der Waals surface area (Å²) in [6.45, 7) is 1.21. The van der Waals surface area contributed by atoms with Crippen LogP contribution < -0.4 is 0 Å². The predicted molar refractivity (Wildman–Crippen MR) is 53.6 cm³/mol. The first kappa shape index (κ1) is 9.47. The number of nitrogens with zero attached hydrogens (tertiary/aromatic N) is 1. The van der Waals surface area contributed by atoms with Crippen molar-refractivity contribution < 1.29 is 5.11 Å². The number of hydrogen-bond acceptors (Lipinski definition) is 2. The zero-order valence-corrected chi connectivity index (χ0v) is 8.58. The summed E-state index contributed by atoms with van der Waals surface area (Å²) < 4.78 is 0. The first-order valence-electron chi connectivity index (χ1n) is 5.65. The third kappa shape index (κ3) is 2.05. The lowest BCUT2D eigenvalue weighted by molar-refractivity contribution is 0.0674. The maximum Gasteiger partial charge on any atom is 0.0695 e. The van der Waals surface area contributed by atoms with Gasteiger partial charge in [0.15, 0.2) is 0 Å². The van der Waals surface area contributed by atoms with Crippen LogP contribution in [0.3, 0.4) is 0 Å². The van der Waals surface area contributed by atoms with Crippen LogP contribution in [0.5, 0.6) is 0 Å². The van der Waals surface area contributed by atoms with Crippen molar-refractivity contribution in [3.8, 4) is 0 Å². The Morgan fingerprint density at radius 3 is 2.31 bits per heavy atom. The molecule has 0 amide bonds. The molecule has 2 fully saturated rings. The molecule has 76 valence electrons. The molecular formula is C11H21NO. The van der Waals surface area contributed by atoms with E-state index in [9.17, 15) is 5.11 Å². The molecule has 0 aromatic carbocycles. The molecule has 2 atom stereocenters. The molecule has 0 unspecified atom stereocenters. The van der Waals surface area contributed by atoms with Crippen LogP contribution in [0.25, 0.3) is 0 Å². The van der Waals surface area contributed by atoms with Crippen molar-refractivity contribution in [1.29, 1.82) is 0 Å². The smallest absolute Gasteiger partial charge is 0.0695 e. The van der Waals surface area contributed by atoms with E-state index in [4.69, 9.17) is 0 Å². The normalized spacial score (nSPS) is 35.3. The molecule has 0 aliphatic heterocycles. The second kappa shape index (κ2) is 3.97. The van der Waals surface area contributed by atoms with Crippen LogP contribution in [-0.2, 0) is 0 Å². The van der Waals surface area contributed by atoms with Crippen LogP contribution in [0.2, 0.25) is 0 Å². The molecule has 2 saturated carbocycles. The molecule has 2 nitrogen and oxygen atoms in total. The van der Waals surface area contributed by atoms with Crippen molar-refractivity contribution in [2.24, 2.45) is 5.92 Å². The summed E-state index contributed by atoms with van der Waals surface area (Å²) in [5.41, 5.74) is 0. The van der Waals surface area contributed by atoms with E-state index in [2.05, 4.69) is 11.9 Å². The molecule has 1 N–H and O–H groups in total. The van der Waals surface area contributed by atoms with Crippen molar-refractivity contribution in [3.63, 3.8) is 0 Å². The zero-order chi connectivity index (χ0) is 9.26. The lowest BCUT2D eigenvalue weighted by Gasteiger charge is -2.34. The van der Waals surface area contributed by atoms with E-state index < -0.39 is 0 Å². The van der Waals surface area contributed by atoms with E-state index in [1.165, 1.54) is 38.6 Å². The van der Waals surface area contributed by atoms with Crippen molar-refractivity contribution >= 4 is 0 Å². The Kier molecular flexibility index (Phi) is 2.89. The topological polar surface area (TPSA) is 23.5 Å². The third-order valence-corrected chi connectivity index (χ3v) is 3.78. The zero-order valence-electron chi connectivity index (χ0n) is 8.58. The Bertz CT molecular complexity index is 167. The van der Waals surface area contributed by atoms with E-state index in [-0.39, 0.29) is 6.10 Å². The van der Waals surface area contributed by atoms with Gasteiger partial charge in [0.05, 0.1) is 6.10 Å². The number of aliphatic hydroxyl groups is 1. The molecule has 0 bridgehead atoms. The van der Waals surface area contributed by atoms with Crippen molar-refractivity contribution in [3.05, 3.63) is 0 Å². The SMILES string of the molecule is CN(CC1CCC1)[C@@H]1CCC[C@H]1O. The third-order valence-electron chi connectivity index (χ3n) is 3.78. The number of aliphatic hydroxyl groups excluding tert-OH is 1. The molecule has 2 heteroatoms. The van der Waals surface area contributed by atoms with Crippen LogP contribution in [-0.4, -0.2) is 35.7 Å². The first-order chi connectivity index (χ1) is 6.27. The highest BCUT2D eigenvalue weighted by molar-refractivity contribution is 4.85. The number of hydrogen-bond donors (Lipinski definition) is 1. The van der Waals surface area contributed by atoms with Gasteiger partial charge in [0.1, 0.15) is 0 Å². The summed E-state index contributed by atoms with van der Waals surface area (Å²) in [7, 11) is 2.18. The molecule has 2 aliphatic rings. The van der Waals surface area contributed by atoms with Crippen LogP contribution >= 0.6 is 0 Å². The molecule has 0 saturated heterocycles. The van der Waals surface area contributed by atoms with Gasteiger partial charge in [0.25, 0.3) is 0 Å². The minimum atomic E-state index is -0.0509. The monoisotopic (exact) mass is 183 g/mol. The molecule has 0 radical (unpaired) electrons. The maximum atomic E-state index is 9.72. The summed E-state index contributed by atoms with van der Waals surface area (Å²) >= 11 is 0. The summed E-state index contributed by atoms with van der Waals surface area (Å²) in [5.74, 6) is 0.929. The van der Waals surface area contributed by atoms with E-state index in [1.54, 1.807) is 0 Å². The van der Waals surface area contributed by atoms with Gasteiger partial charge >= 0.3 is 0 Å². The van der Waals surface area contributed by atoms with Crippen LogP contribution in [0, 0.1) is 5.92 Å². The second-order valence-electron chi connectivity index (χ2n) is 4.80. The van der Waals surface area contributed by atoms with Gasteiger partial charge in [-0.3, -0.25) is 0 Å². The van der Waals surface area contributed by atoms with Gasteiger partial charge in [-0.25, -0.2) is 0 Å². The van der Waals surface area contributed by atoms with E-state index in [0.29, 0.717) is 6.04 Å². The van der Waals surface area contributed by atoms with Crippen molar-refractivity contribution in [2.75, 3.05) is 13.6 Å². The fourth-order valence-electron chi connectivity index (χ4n) is 2.65. The average Bonchev–Trinajstić information content (AvgIpc) is 2.43. The lowest BCUT2D eigenvalue weighted by atomic mass is 9.85. The lowest BCUT2D eigenvalue weighted by Crippen LogP contribution is -2.41. The summed E-state index contributed by atoms with van der Waals surface area (Å²) in [6.07, 6.45) is 7.61. The fraction of sp³-hybridized carbons (Fsp3) is 1.00. The van der Waals surface area contributed by atoms with Gasteiger partial charge in [0, 0.05) is 12.6 Å². The first-order valence-corrected chi connectivity index (χ1v) is 5.65. The highest BCUT2D eigenvalue weighted by Crippen LogP contribution is 2.30. The average molecular weight is 183 g/mol. The minimum absolute atomic E-state index is 0.0509. The minimum Gasteiger partial charge on any atom is -0.391 e. The summed E-state index contributed by atoms with van der Waals surface area (Å²) in [5, 5.41) is 9.72. The summed E-state index contributed by atoms with van der Waals surface area (Å²) in [6, 6.07) is 0.459. The van der Waals surface area contributed by atoms with E-state index in [1.807, 2.05) is 0 Å². The predicted octanol–water partition coefficient (Wildman–Crippen LogP) is 1.63. The molecular weight excluding hydrogens is 162 g/mol. The highest BCUT2D eigenvalue weighted by Gasteiger charge is 2.30. The molecule has 0 aromatic heterocycles. The van der Waals surface area contributed by atoms with Gasteiger partial charge in [-0.1, -0.05) is 6.42 Å². The van der Waals surface area contributed by atoms with Crippen molar-refractivity contribution in [1.82, 2.24) is 4.90 Å². The molecule has 0 aromatic rings. The van der Waals surface area contributed by atoms with Gasteiger partial charge < -0.3 is 10.0 Å². The van der Waals surface area contributed by atoms with Gasteiger partial charge in [-0.15, -0.1) is 0 Å². The maximum absolute atomic E-state index is 9.72. The molecule has 0 spiro atoms. The van der Waals surface area contributed by atoms with Crippen LogP contribution in [0.4, 0.5) is 0 Å². The largest absolute Gasteiger partial charge is 0.391 e. The summed E-state index contributed by atoms with van der Waals surface area (Å²) in [4.78, 5) is 2.39. The van der Waals surface area contributed by atoms with Crippen LogP contribution in [0.1, 0.15) is 38.5 Å². The standard InChI is InChI=1S/C11H21NO/c1-12(8-9-4-2-5-9)10-6-3-7-11(10)13/h9-11,13H,2-8H2,1H3/t10-,11-/m1/s1. The molecule has 2 aliphatic carbocycles. The number of rotatable bonds is 3. The number of likely N-dealkylation sites (N-methyl/N-ethyl adjacent to an activating group) is 1. The Morgan fingerprint density at radius 1 is 1.15 bits per heavy atom. The van der Waals surface area contributed by atoms with Gasteiger partial charge in [-0.2, -0.15) is 0 Å². The highest BCUT2D eigenvalue weighted by atomic mass is 16.3. The Morgan fingerprint density at radius 2 is 1.85 bits per heavy atom. The fourth-order valence-corrected chi connectivity index (χ4v) is 2.65. The Balaban J connectivity index is 1.77. The Labute approximate surface area is 80.9 Å². The molecule has 2 rings (SSSR count). The van der Waals surface area contributed by atoms with E-state index in [0.717, 1.165) is 12.3 Å². The van der Waals surface area contributed by atoms with Crippen LogP contribution in [0.15, 0.2) is 0 Å². The second-order valence-corrected chi connectivity index (χ2v) is 4.80. The van der Waals surface area contributed by atoms with Gasteiger partial charge in [-0.05, 0) is 45.1 Å². The van der Waals surface area contributed by atoms with Gasteiger partial charge in [0.2, 0.25) is 0 Å². The quantitative estimate of drug-likeness (QED) is 0.719. The molecule has 13 heavy (non-hydrogen) atoms. The molecule has 0 heterocycles. The van der Waals surface area contributed by atoms with Crippen molar-refractivity contribution in [2.45, 2.75) is 50.7 Å². The Hall–Kier alpha value is -0.0800. The van der Waals surface area contributed by atoms with E-state index >= 15 is 0 Å².